The maximum atomic E-state index is 13.9. The van der Waals surface area contributed by atoms with Gasteiger partial charge in [-0.3, -0.25) is 19.4 Å². The molecule has 37 heavy (non-hydrogen) atoms. The van der Waals surface area contributed by atoms with E-state index in [1.165, 1.54) is 0 Å². The molecule has 1 aromatic heterocycles. The van der Waals surface area contributed by atoms with E-state index < -0.39 is 16.9 Å². The second-order valence-electron chi connectivity index (χ2n) is 11.1. The number of nitrogens with two attached hydrogens (primary N) is 1. The minimum absolute atomic E-state index is 0.00487. The molecule has 2 saturated heterocycles. The Kier molecular flexibility index (Phi) is 8.09. The van der Waals surface area contributed by atoms with Crippen molar-refractivity contribution in [3.8, 4) is 0 Å². The molecule has 8 heteroatoms. The summed E-state index contributed by atoms with van der Waals surface area (Å²) in [5.41, 5.74) is 6.21. The van der Waals surface area contributed by atoms with Gasteiger partial charge in [0.1, 0.15) is 0 Å². The molecule has 3 atom stereocenters. The van der Waals surface area contributed by atoms with Crippen molar-refractivity contribution in [2.45, 2.75) is 51.2 Å². The van der Waals surface area contributed by atoms with Crippen molar-refractivity contribution in [1.82, 2.24) is 14.8 Å². The molecule has 0 aliphatic carbocycles. The standard InChI is InChI=1S/C29H38N4O4/c1-28(2,30)25(34)16-22(18-37-19-23-12-7-8-14-31-23)26(35)33-15-9-13-29(20-33)24(17-32(3)27(29)36)21-10-5-4-6-11-21/h4-8,10-12,14,22,24H,9,13,15-20,30H2,1-3H3/t22-,24+,29+/m1/s1. The largest absolute Gasteiger partial charge is 0.374 e. The van der Waals surface area contributed by atoms with Gasteiger partial charge in [-0.2, -0.15) is 0 Å². The highest BCUT2D eigenvalue weighted by atomic mass is 16.5. The van der Waals surface area contributed by atoms with Crippen LogP contribution in [-0.2, 0) is 25.7 Å². The number of benzene rings is 1. The lowest BCUT2D eigenvalue weighted by Gasteiger charge is -2.43. The van der Waals surface area contributed by atoms with Crippen LogP contribution in [0.25, 0.3) is 0 Å². The first-order valence-corrected chi connectivity index (χ1v) is 13.0. The molecular formula is C29H38N4O4. The summed E-state index contributed by atoms with van der Waals surface area (Å²) in [6, 6.07) is 15.6. The summed E-state index contributed by atoms with van der Waals surface area (Å²) in [6.07, 6.45) is 3.14. The predicted octanol–water partition coefficient (Wildman–Crippen LogP) is 2.78. The minimum atomic E-state index is -1.05. The summed E-state index contributed by atoms with van der Waals surface area (Å²) < 4.78 is 5.87. The van der Waals surface area contributed by atoms with Crippen molar-refractivity contribution < 1.29 is 19.1 Å². The fourth-order valence-electron chi connectivity index (χ4n) is 5.65. The quantitative estimate of drug-likeness (QED) is 0.561. The highest BCUT2D eigenvalue weighted by molar-refractivity contribution is 5.92. The smallest absolute Gasteiger partial charge is 0.231 e. The number of carbonyl (C=O) groups is 3. The summed E-state index contributed by atoms with van der Waals surface area (Å²) in [5, 5.41) is 0. The maximum absolute atomic E-state index is 13.9. The van der Waals surface area contributed by atoms with E-state index in [0.29, 0.717) is 19.6 Å². The molecule has 1 aromatic carbocycles. The van der Waals surface area contributed by atoms with Crippen molar-refractivity contribution in [1.29, 1.82) is 0 Å². The summed E-state index contributed by atoms with van der Waals surface area (Å²) in [7, 11) is 1.84. The van der Waals surface area contributed by atoms with E-state index in [9.17, 15) is 14.4 Å². The van der Waals surface area contributed by atoms with Crippen LogP contribution in [0.4, 0.5) is 0 Å². The summed E-state index contributed by atoms with van der Waals surface area (Å²) >= 11 is 0. The van der Waals surface area contributed by atoms with Crippen molar-refractivity contribution in [2.75, 3.05) is 33.3 Å². The van der Waals surface area contributed by atoms with Gasteiger partial charge in [-0.15, -0.1) is 0 Å². The predicted molar refractivity (Wildman–Crippen MR) is 140 cm³/mol. The number of likely N-dealkylation sites (N-methyl/N-ethyl adjacent to an activating group) is 1. The van der Waals surface area contributed by atoms with Crippen LogP contribution in [0.1, 0.15) is 50.3 Å². The monoisotopic (exact) mass is 506 g/mol. The molecule has 0 unspecified atom stereocenters. The SMILES string of the molecule is CN1C[C@@H](c2ccccc2)[C@@]2(CCCN(C(=O)[C@@H](COCc3ccccn3)CC(=O)C(C)(C)N)C2)C1=O. The highest BCUT2D eigenvalue weighted by Crippen LogP contribution is 2.49. The second-order valence-corrected chi connectivity index (χ2v) is 11.1. The molecule has 3 heterocycles. The number of Topliss-reactive ketones (excluding diaryl/α,β-unsaturated/α-hetero) is 1. The molecule has 2 amide bonds. The van der Waals surface area contributed by atoms with Gasteiger partial charge in [0.2, 0.25) is 11.8 Å². The number of piperidine rings is 1. The van der Waals surface area contributed by atoms with E-state index >= 15 is 0 Å². The molecule has 2 N–H and O–H groups in total. The van der Waals surface area contributed by atoms with E-state index in [1.54, 1.807) is 29.8 Å². The van der Waals surface area contributed by atoms with Gasteiger partial charge < -0.3 is 20.3 Å². The molecule has 2 aliphatic heterocycles. The highest BCUT2D eigenvalue weighted by Gasteiger charge is 2.55. The number of nitrogens with zero attached hydrogens (tertiary/aromatic N) is 3. The number of amides is 2. The molecule has 2 fully saturated rings. The first-order valence-electron chi connectivity index (χ1n) is 13.0. The van der Waals surface area contributed by atoms with Crippen LogP contribution in [0, 0.1) is 11.3 Å². The zero-order valence-electron chi connectivity index (χ0n) is 22.1. The van der Waals surface area contributed by atoms with Gasteiger partial charge in [0.25, 0.3) is 0 Å². The number of aromatic nitrogens is 1. The zero-order valence-corrected chi connectivity index (χ0v) is 22.1. The van der Waals surface area contributed by atoms with Gasteiger partial charge in [-0.25, -0.2) is 0 Å². The topological polar surface area (TPSA) is 106 Å². The Morgan fingerprint density at radius 3 is 2.59 bits per heavy atom. The Morgan fingerprint density at radius 2 is 1.92 bits per heavy atom. The van der Waals surface area contributed by atoms with Crippen molar-refractivity contribution in [3.05, 3.63) is 66.0 Å². The van der Waals surface area contributed by atoms with Gasteiger partial charge in [-0.1, -0.05) is 36.4 Å². The summed E-state index contributed by atoms with van der Waals surface area (Å²) in [6.45, 7) is 5.14. The molecule has 0 saturated carbocycles. The van der Waals surface area contributed by atoms with E-state index in [-0.39, 0.29) is 43.2 Å². The molecule has 2 aliphatic rings. The van der Waals surface area contributed by atoms with Crippen LogP contribution in [0.2, 0.25) is 0 Å². The van der Waals surface area contributed by atoms with Gasteiger partial charge in [-0.05, 0) is 44.4 Å². The lowest BCUT2D eigenvalue weighted by atomic mass is 9.69. The molecule has 0 radical (unpaired) electrons. The lowest BCUT2D eigenvalue weighted by molar-refractivity contribution is -0.148. The molecule has 198 valence electrons. The Labute approximate surface area is 219 Å². The van der Waals surface area contributed by atoms with E-state index in [4.69, 9.17) is 10.5 Å². The number of ether oxygens (including phenoxy) is 1. The number of carbonyl (C=O) groups excluding carboxylic acids is 3. The normalized spacial score (nSPS) is 22.9. The first kappa shape index (κ1) is 26.9. The van der Waals surface area contributed by atoms with Crippen LogP contribution in [0.3, 0.4) is 0 Å². The Balaban J connectivity index is 1.54. The van der Waals surface area contributed by atoms with E-state index in [2.05, 4.69) is 17.1 Å². The van der Waals surface area contributed by atoms with Crippen LogP contribution >= 0.6 is 0 Å². The van der Waals surface area contributed by atoms with Crippen molar-refractivity contribution >= 4 is 17.6 Å². The van der Waals surface area contributed by atoms with Gasteiger partial charge >= 0.3 is 0 Å². The van der Waals surface area contributed by atoms with Crippen LogP contribution in [0.5, 0.6) is 0 Å². The number of ketones is 1. The second kappa shape index (κ2) is 11.1. The number of hydrogen-bond acceptors (Lipinski definition) is 6. The molecule has 2 aromatic rings. The fraction of sp³-hybridized carbons (Fsp3) is 0.517. The molecule has 0 bridgehead atoms. The molecule has 4 rings (SSSR count). The van der Waals surface area contributed by atoms with Gasteiger partial charge in [0, 0.05) is 45.2 Å². The van der Waals surface area contributed by atoms with Gasteiger partial charge in [0.15, 0.2) is 5.78 Å². The first-order chi connectivity index (χ1) is 17.6. The Bertz CT molecular complexity index is 1100. The zero-order chi connectivity index (χ0) is 26.6. The number of likely N-dealkylation sites (tertiary alicyclic amines) is 2. The Morgan fingerprint density at radius 1 is 1.19 bits per heavy atom. The lowest BCUT2D eigenvalue weighted by Crippen LogP contribution is -2.53. The number of rotatable bonds is 9. The maximum Gasteiger partial charge on any atom is 0.231 e. The van der Waals surface area contributed by atoms with Crippen LogP contribution in [0.15, 0.2) is 54.7 Å². The number of pyridine rings is 1. The van der Waals surface area contributed by atoms with E-state index in [0.717, 1.165) is 24.1 Å². The average molecular weight is 507 g/mol. The van der Waals surface area contributed by atoms with Crippen LogP contribution < -0.4 is 5.73 Å². The minimum Gasteiger partial charge on any atom is -0.374 e. The Hall–Kier alpha value is -3.10. The van der Waals surface area contributed by atoms with E-state index in [1.807, 2.05) is 43.4 Å². The van der Waals surface area contributed by atoms with Crippen molar-refractivity contribution in [3.63, 3.8) is 0 Å². The van der Waals surface area contributed by atoms with Gasteiger partial charge in [0.05, 0.1) is 35.8 Å². The van der Waals surface area contributed by atoms with Crippen molar-refractivity contribution in [2.24, 2.45) is 17.1 Å². The summed E-state index contributed by atoms with van der Waals surface area (Å²) in [4.78, 5) is 48.1. The average Bonchev–Trinajstić information content (AvgIpc) is 3.13. The third-order valence-corrected chi connectivity index (χ3v) is 7.73. The third-order valence-electron chi connectivity index (χ3n) is 7.73. The molecule has 8 nitrogen and oxygen atoms in total. The van der Waals surface area contributed by atoms with Crippen LogP contribution in [-0.4, -0.2) is 71.2 Å². The fourth-order valence-corrected chi connectivity index (χ4v) is 5.65. The number of hydrogen-bond donors (Lipinski definition) is 1. The third kappa shape index (κ3) is 5.91. The molecule has 1 spiro atoms. The summed E-state index contributed by atoms with van der Waals surface area (Å²) in [5.74, 6) is -0.950. The molecular weight excluding hydrogens is 468 g/mol.